The van der Waals surface area contributed by atoms with Crippen molar-refractivity contribution in [3.63, 3.8) is 0 Å². The number of carbonyl (C=O) groups is 9. The molecule has 1 atom stereocenters. The minimum Gasteiger partial charge on any atom is -0.481 e. The average Bonchev–Trinajstić information content (AvgIpc) is 3.00. The molecule has 0 bridgehead atoms. The Morgan fingerprint density at radius 1 is 0.604 bits per heavy atom. The summed E-state index contributed by atoms with van der Waals surface area (Å²) in [7, 11) is 0. The lowest BCUT2D eigenvalue weighted by Crippen LogP contribution is -2.27. The van der Waals surface area contributed by atoms with Crippen molar-refractivity contribution in [2.24, 2.45) is 0 Å². The van der Waals surface area contributed by atoms with Crippen molar-refractivity contribution < 1.29 is 88.4 Å². The van der Waals surface area contributed by atoms with Gasteiger partial charge in [-0.2, -0.15) is 0 Å². The minimum absolute atomic E-state index is 0.0628. The quantitative estimate of drug-likeness (QED) is 0.132. The molecule has 1 unspecified atom stereocenters. The van der Waals surface area contributed by atoms with E-state index in [1.54, 1.807) is 31.2 Å². The van der Waals surface area contributed by atoms with E-state index in [1.807, 2.05) is 0 Å². The number of fused-ring (bicyclic) bond motifs is 1. The molecule has 260 valence electrons. The highest BCUT2D eigenvalue weighted by Gasteiger charge is 2.24. The van der Waals surface area contributed by atoms with Crippen molar-refractivity contribution in [3.8, 4) is 0 Å². The van der Waals surface area contributed by atoms with Gasteiger partial charge in [-0.05, 0) is 50.1 Å². The van der Waals surface area contributed by atoms with Crippen LogP contribution in [0.5, 0.6) is 0 Å². The number of aliphatic carboxylic acids is 4. The second-order valence-electron chi connectivity index (χ2n) is 9.32. The third-order valence-electron chi connectivity index (χ3n) is 5.44. The molecule has 2 aromatic carbocycles. The number of hydrogen-bond acceptors (Lipinski definition) is 11. The smallest absolute Gasteiger partial charge is 0.339 e. The molecule has 18 nitrogen and oxygen atoms in total. The summed E-state index contributed by atoms with van der Waals surface area (Å²) in [6, 6.07) is 9.27. The van der Waals surface area contributed by atoms with Gasteiger partial charge in [-0.3, -0.25) is 19.2 Å². The summed E-state index contributed by atoms with van der Waals surface area (Å²) >= 11 is 0. The van der Waals surface area contributed by atoms with Gasteiger partial charge in [-0.15, -0.1) is 0 Å². The summed E-state index contributed by atoms with van der Waals surface area (Å²) in [6.45, 7) is 1.78. The summed E-state index contributed by atoms with van der Waals surface area (Å²) in [6.07, 6.45) is 0.0175. The van der Waals surface area contributed by atoms with E-state index in [4.69, 9.17) is 45.2 Å². The summed E-state index contributed by atoms with van der Waals surface area (Å²) in [5.74, 6) is -9.05. The zero-order chi connectivity index (χ0) is 37.0. The number of esters is 2. The van der Waals surface area contributed by atoms with Crippen LogP contribution in [0.2, 0.25) is 0 Å². The maximum absolute atomic E-state index is 11.6. The number of benzene rings is 2. The van der Waals surface area contributed by atoms with E-state index in [0.717, 1.165) is 18.2 Å². The third kappa shape index (κ3) is 17.2. The fraction of sp³-hybridized carbons (Fsp3) is 0.300. The van der Waals surface area contributed by atoms with E-state index in [0.29, 0.717) is 12.8 Å². The highest BCUT2D eigenvalue weighted by molar-refractivity contribution is 6.04. The van der Waals surface area contributed by atoms with Crippen LogP contribution in [0, 0.1) is 0 Å². The van der Waals surface area contributed by atoms with Crippen molar-refractivity contribution in [2.45, 2.75) is 51.6 Å². The molecule has 0 radical (unpaired) electrons. The van der Waals surface area contributed by atoms with E-state index in [1.165, 1.54) is 0 Å². The van der Waals surface area contributed by atoms with Crippen molar-refractivity contribution in [1.82, 2.24) is 0 Å². The molecule has 0 aromatic heterocycles. The molecule has 0 saturated heterocycles. The zero-order valence-electron chi connectivity index (χ0n) is 25.2. The second kappa shape index (κ2) is 21.4. The molecule has 0 aliphatic carbocycles. The number of ether oxygens (including phenoxy) is 2. The molecule has 48 heavy (non-hydrogen) atoms. The minimum atomic E-state index is -1.48. The lowest BCUT2D eigenvalue weighted by molar-refractivity contribution is -0.143. The molecule has 2 aromatic rings. The molecule has 1 aliphatic heterocycles. The Balaban J connectivity index is 0.000000635. The van der Waals surface area contributed by atoms with E-state index in [2.05, 4.69) is 0 Å². The Hall–Kier alpha value is -6.33. The van der Waals surface area contributed by atoms with Gasteiger partial charge in [0.25, 0.3) is 0 Å². The first-order chi connectivity index (χ1) is 22.4. The largest absolute Gasteiger partial charge is 0.481 e. The molecular weight excluding hydrogens is 648 g/mol. The predicted octanol–water partition coefficient (Wildman–Crippen LogP) is 2.84. The summed E-state index contributed by atoms with van der Waals surface area (Å²) in [4.78, 5) is 93.9. The summed E-state index contributed by atoms with van der Waals surface area (Å²) in [5.41, 5.74) is -0.726. The topological polar surface area (TPSA) is 314 Å². The van der Waals surface area contributed by atoms with Crippen LogP contribution in [0.15, 0.2) is 42.5 Å². The lowest BCUT2D eigenvalue weighted by Gasteiger charge is -2.18. The van der Waals surface area contributed by atoms with Crippen molar-refractivity contribution in [1.29, 1.82) is 0 Å². The van der Waals surface area contributed by atoms with Gasteiger partial charge >= 0.3 is 53.7 Å². The first-order valence-corrected chi connectivity index (χ1v) is 13.6. The number of unbranched alkanes of at least 4 members (excludes halogenated alkanes) is 1. The number of carboxylic acids is 7. The van der Waals surface area contributed by atoms with Gasteiger partial charge in [0.2, 0.25) is 0 Å². The Bertz CT molecular complexity index is 1480. The average molecular weight is 681 g/mol. The van der Waals surface area contributed by atoms with Crippen molar-refractivity contribution in [2.75, 3.05) is 6.61 Å². The summed E-state index contributed by atoms with van der Waals surface area (Å²) in [5, 5.41) is 57.9. The van der Waals surface area contributed by atoms with Crippen molar-refractivity contribution >= 4 is 53.7 Å². The molecule has 3 rings (SSSR count). The number of carboxylic acid groups (broad SMARTS) is 7. The van der Waals surface area contributed by atoms with Gasteiger partial charge in [0, 0.05) is 12.8 Å². The molecule has 1 heterocycles. The van der Waals surface area contributed by atoms with Gasteiger partial charge in [-0.25, -0.2) is 24.0 Å². The first kappa shape index (κ1) is 41.7. The first-order valence-electron chi connectivity index (χ1n) is 13.6. The maximum Gasteiger partial charge on any atom is 0.339 e. The highest BCUT2D eigenvalue weighted by Crippen LogP contribution is 2.16. The number of carbonyl (C=O) groups excluding carboxylic acids is 2. The fourth-order valence-electron chi connectivity index (χ4n) is 3.20. The molecule has 0 fully saturated rings. The highest BCUT2D eigenvalue weighted by atomic mass is 16.6. The Morgan fingerprint density at radius 2 is 1.04 bits per heavy atom. The van der Waals surface area contributed by atoms with Crippen molar-refractivity contribution in [3.05, 3.63) is 70.3 Å². The molecule has 18 heteroatoms. The number of hydrogen-bond donors (Lipinski definition) is 7. The van der Waals surface area contributed by atoms with Crippen LogP contribution in [-0.4, -0.2) is 102 Å². The van der Waals surface area contributed by atoms with Crippen LogP contribution in [0.3, 0.4) is 0 Å². The number of rotatable bonds is 11. The molecular formula is C30H32O18. The van der Waals surface area contributed by atoms with Crippen LogP contribution in [-0.2, 0) is 28.7 Å². The Kier molecular flexibility index (Phi) is 18.6. The third-order valence-corrected chi connectivity index (χ3v) is 5.44. The monoisotopic (exact) mass is 680 g/mol. The Labute approximate surface area is 270 Å². The summed E-state index contributed by atoms with van der Waals surface area (Å²) < 4.78 is 10.0. The van der Waals surface area contributed by atoms with Crippen LogP contribution >= 0.6 is 0 Å². The van der Waals surface area contributed by atoms with Crippen LogP contribution < -0.4 is 0 Å². The molecule has 0 amide bonds. The van der Waals surface area contributed by atoms with Gasteiger partial charge in [-0.1, -0.05) is 12.1 Å². The van der Waals surface area contributed by atoms with Gasteiger partial charge in [0.15, 0.2) is 0 Å². The van der Waals surface area contributed by atoms with E-state index in [-0.39, 0.29) is 49.0 Å². The van der Waals surface area contributed by atoms with Gasteiger partial charge < -0.3 is 45.2 Å². The SMILES string of the molecule is CC1COC(=O)c2ccccc2C(=O)O1.O=C(O)CCC(=O)O.O=C(O)CCCCC(=O)O.O=C(O)c1ccc(C(=O)O)c(C(=O)O)c1. The normalized spacial score (nSPS) is 12.8. The second-order valence-corrected chi connectivity index (χ2v) is 9.32. The maximum atomic E-state index is 11.6. The fourth-order valence-corrected chi connectivity index (χ4v) is 3.20. The number of aromatic carboxylic acids is 3. The zero-order valence-corrected chi connectivity index (χ0v) is 25.2. The van der Waals surface area contributed by atoms with Gasteiger partial charge in [0.1, 0.15) is 12.7 Å². The van der Waals surface area contributed by atoms with Crippen LogP contribution in [0.25, 0.3) is 0 Å². The van der Waals surface area contributed by atoms with Crippen LogP contribution in [0.1, 0.15) is 97.2 Å². The number of cyclic esters (lactones) is 2. The lowest BCUT2D eigenvalue weighted by atomic mass is 10.0. The molecule has 0 saturated carbocycles. The van der Waals surface area contributed by atoms with E-state index in [9.17, 15) is 43.2 Å². The van der Waals surface area contributed by atoms with E-state index < -0.39 is 71.0 Å². The molecule has 7 N–H and O–H groups in total. The van der Waals surface area contributed by atoms with Crippen LogP contribution in [0.4, 0.5) is 0 Å². The molecule has 0 spiro atoms. The van der Waals surface area contributed by atoms with E-state index >= 15 is 0 Å². The predicted molar refractivity (Wildman–Crippen MR) is 157 cm³/mol. The molecule has 1 aliphatic rings. The Morgan fingerprint density at radius 3 is 1.44 bits per heavy atom. The standard InChI is InChI=1S/C11H10O4.C9H6O6.C6H10O4.C4H6O4/c1-7-6-14-10(12)8-4-2-3-5-9(8)11(13)15-7;10-7(11)4-1-2-5(8(12)13)6(3-4)9(14)15;7-5(8)3-1-2-4-6(9)10;5-3(6)1-2-4(7)8/h2-5,7H,6H2,1H3;1-3H,(H,10,11)(H,12,13)(H,14,15);1-4H2,(H,7,8)(H,9,10);1-2H2,(H,5,6)(H,7,8). The van der Waals surface area contributed by atoms with Gasteiger partial charge in [0.05, 0.1) is 40.7 Å².